The van der Waals surface area contributed by atoms with Crippen molar-refractivity contribution in [3.05, 3.63) is 46.9 Å². The fraction of sp³-hybridized carbons (Fsp3) is 0.154. The number of aromatic nitrogens is 4. The Morgan fingerprint density at radius 2 is 1.90 bits per heavy atom. The molecule has 0 aliphatic heterocycles. The van der Waals surface area contributed by atoms with Crippen molar-refractivity contribution < 1.29 is 5.11 Å². The minimum absolute atomic E-state index is 0.0465. The lowest BCUT2D eigenvalue weighted by Crippen LogP contribution is -2.03. The highest BCUT2D eigenvalue weighted by Gasteiger charge is 2.08. The van der Waals surface area contributed by atoms with Gasteiger partial charge in [0.05, 0.1) is 18.2 Å². The van der Waals surface area contributed by atoms with Gasteiger partial charge in [-0.05, 0) is 22.7 Å². The number of nitrogens with zero attached hydrogens (tertiary/aromatic N) is 3. The minimum atomic E-state index is 0.0465. The van der Waals surface area contributed by atoms with Crippen molar-refractivity contribution in [3.63, 3.8) is 0 Å². The second-order valence-corrected chi connectivity index (χ2v) is 4.64. The first-order valence-electron chi connectivity index (χ1n) is 6.05. The van der Waals surface area contributed by atoms with Crippen molar-refractivity contribution in [1.82, 2.24) is 20.2 Å². The maximum atomic E-state index is 9.00. The van der Waals surface area contributed by atoms with E-state index in [1.54, 1.807) is 6.20 Å². The summed E-state index contributed by atoms with van der Waals surface area (Å²) in [5, 5.41) is 19.9. The van der Waals surface area contributed by atoms with E-state index in [-0.39, 0.29) is 11.9 Å². The van der Waals surface area contributed by atoms with E-state index in [0.717, 1.165) is 16.5 Å². The molecule has 102 valence electrons. The number of H-pyrrole nitrogens is 1. The summed E-state index contributed by atoms with van der Waals surface area (Å²) < 4.78 is 0. The van der Waals surface area contributed by atoms with Crippen LogP contribution in [-0.2, 0) is 13.2 Å². The van der Waals surface area contributed by atoms with E-state index in [9.17, 15) is 0 Å². The van der Waals surface area contributed by atoms with E-state index in [4.69, 9.17) is 16.7 Å². The van der Waals surface area contributed by atoms with Gasteiger partial charge in [0.2, 0.25) is 5.28 Å². The summed E-state index contributed by atoms with van der Waals surface area (Å²) in [5.41, 5.74) is 2.56. The molecule has 3 rings (SSSR count). The summed E-state index contributed by atoms with van der Waals surface area (Å²) in [5.74, 6) is 0.639. The Morgan fingerprint density at radius 3 is 2.65 bits per heavy atom. The molecule has 0 saturated heterocycles. The van der Waals surface area contributed by atoms with Crippen LogP contribution >= 0.6 is 11.6 Å². The van der Waals surface area contributed by atoms with Gasteiger partial charge in [0.25, 0.3) is 0 Å². The molecule has 6 nitrogen and oxygen atoms in total. The van der Waals surface area contributed by atoms with Gasteiger partial charge < -0.3 is 10.4 Å². The SMILES string of the molecule is OCc1ccc(CNc2nc(Cl)nc3[nH]ncc23)cc1. The molecule has 3 aromatic rings. The van der Waals surface area contributed by atoms with Gasteiger partial charge in [-0.25, -0.2) is 0 Å². The Labute approximate surface area is 119 Å². The van der Waals surface area contributed by atoms with Crippen molar-refractivity contribution in [2.45, 2.75) is 13.2 Å². The number of aliphatic hydroxyl groups is 1. The average molecular weight is 290 g/mol. The Morgan fingerprint density at radius 1 is 1.15 bits per heavy atom. The topological polar surface area (TPSA) is 86.7 Å². The zero-order valence-electron chi connectivity index (χ0n) is 10.5. The Hall–Kier alpha value is -2.18. The zero-order chi connectivity index (χ0) is 13.9. The fourth-order valence-corrected chi connectivity index (χ4v) is 2.06. The molecule has 3 N–H and O–H groups in total. The van der Waals surface area contributed by atoms with Crippen molar-refractivity contribution in [1.29, 1.82) is 0 Å². The number of halogens is 1. The van der Waals surface area contributed by atoms with Gasteiger partial charge in [-0.1, -0.05) is 24.3 Å². The molecule has 1 aromatic carbocycles. The number of rotatable bonds is 4. The molecule has 0 unspecified atom stereocenters. The summed E-state index contributed by atoms with van der Waals surface area (Å²) in [6.45, 7) is 0.643. The van der Waals surface area contributed by atoms with Crippen LogP contribution in [0.5, 0.6) is 0 Å². The van der Waals surface area contributed by atoms with Crippen molar-refractivity contribution in [2.24, 2.45) is 0 Å². The van der Waals surface area contributed by atoms with Crippen LogP contribution in [0.25, 0.3) is 11.0 Å². The number of aliphatic hydroxyl groups excluding tert-OH is 1. The standard InChI is InChI=1S/C13H12ClN5O/c14-13-17-11(10-6-16-19-12(10)18-13)15-5-8-1-3-9(7-20)4-2-8/h1-4,6,20H,5,7H2,(H2,15,16,17,18,19). The Kier molecular flexibility index (Phi) is 3.49. The fourth-order valence-electron chi connectivity index (χ4n) is 1.89. The number of hydrogen-bond donors (Lipinski definition) is 3. The monoisotopic (exact) mass is 289 g/mol. The number of fused-ring (bicyclic) bond motifs is 1. The number of nitrogens with one attached hydrogen (secondary N) is 2. The van der Waals surface area contributed by atoms with Gasteiger partial charge in [-0.3, -0.25) is 5.10 Å². The number of hydrogen-bond acceptors (Lipinski definition) is 5. The molecule has 0 saturated carbocycles. The molecule has 2 aromatic heterocycles. The molecular weight excluding hydrogens is 278 g/mol. The van der Waals surface area contributed by atoms with Crippen molar-refractivity contribution >= 4 is 28.5 Å². The third kappa shape index (κ3) is 2.56. The highest BCUT2D eigenvalue weighted by molar-refractivity contribution is 6.28. The van der Waals surface area contributed by atoms with E-state index < -0.39 is 0 Å². The molecule has 0 amide bonds. The third-order valence-corrected chi connectivity index (χ3v) is 3.12. The molecule has 20 heavy (non-hydrogen) atoms. The minimum Gasteiger partial charge on any atom is -0.392 e. The smallest absolute Gasteiger partial charge is 0.226 e. The first-order valence-corrected chi connectivity index (χ1v) is 6.43. The predicted octanol–water partition coefficient (Wildman–Crippen LogP) is 2.11. The van der Waals surface area contributed by atoms with E-state index in [0.29, 0.717) is 18.0 Å². The quantitative estimate of drug-likeness (QED) is 0.640. The van der Waals surface area contributed by atoms with E-state index in [1.807, 2.05) is 24.3 Å². The lowest BCUT2D eigenvalue weighted by molar-refractivity contribution is 0.282. The molecule has 0 aliphatic carbocycles. The summed E-state index contributed by atoms with van der Waals surface area (Å²) in [6.07, 6.45) is 1.66. The van der Waals surface area contributed by atoms with Gasteiger partial charge in [-0.15, -0.1) is 0 Å². The summed E-state index contributed by atoms with van der Waals surface area (Å²) in [4.78, 5) is 8.21. The van der Waals surface area contributed by atoms with Gasteiger partial charge in [0.1, 0.15) is 5.82 Å². The van der Waals surface area contributed by atoms with Gasteiger partial charge in [-0.2, -0.15) is 15.1 Å². The summed E-state index contributed by atoms with van der Waals surface area (Å²) in [6, 6.07) is 7.68. The van der Waals surface area contributed by atoms with Crippen LogP contribution in [0.1, 0.15) is 11.1 Å². The van der Waals surface area contributed by atoms with Crippen molar-refractivity contribution in [3.8, 4) is 0 Å². The second-order valence-electron chi connectivity index (χ2n) is 4.30. The lowest BCUT2D eigenvalue weighted by Gasteiger charge is -2.07. The van der Waals surface area contributed by atoms with E-state index in [2.05, 4.69) is 25.5 Å². The molecule has 2 heterocycles. The normalized spacial score (nSPS) is 10.9. The Balaban J connectivity index is 1.80. The predicted molar refractivity (Wildman–Crippen MR) is 76.4 cm³/mol. The summed E-state index contributed by atoms with van der Waals surface area (Å²) in [7, 11) is 0. The van der Waals surface area contributed by atoms with Gasteiger partial charge >= 0.3 is 0 Å². The highest BCUT2D eigenvalue weighted by atomic mass is 35.5. The van der Waals surface area contributed by atoms with E-state index in [1.165, 1.54) is 0 Å². The highest BCUT2D eigenvalue weighted by Crippen LogP contribution is 2.20. The molecule has 0 radical (unpaired) electrons. The summed E-state index contributed by atoms with van der Waals surface area (Å²) >= 11 is 5.86. The molecule has 0 fully saturated rings. The number of aromatic amines is 1. The molecule has 0 aliphatic rings. The maximum absolute atomic E-state index is 9.00. The van der Waals surface area contributed by atoms with Crippen LogP contribution in [0.4, 0.5) is 5.82 Å². The van der Waals surface area contributed by atoms with Crippen LogP contribution in [0.2, 0.25) is 5.28 Å². The lowest BCUT2D eigenvalue weighted by atomic mass is 10.1. The number of benzene rings is 1. The zero-order valence-corrected chi connectivity index (χ0v) is 11.2. The van der Waals surface area contributed by atoms with Crippen LogP contribution in [0.3, 0.4) is 0 Å². The van der Waals surface area contributed by atoms with Crippen LogP contribution in [0, 0.1) is 0 Å². The number of anilines is 1. The van der Waals surface area contributed by atoms with Gasteiger partial charge in [0.15, 0.2) is 5.65 Å². The molecule has 0 spiro atoms. The van der Waals surface area contributed by atoms with Crippen LogP contribution in [0.15, 0.2) is 30.5 Å². The largest absolute Gasteiger partial charge is 0.392 e. The Bertz CT molecular complexity index is 725. The van der Waals surface area contributed by atoms with Crippen LogP contribution in [-0.4, -0.2) is 25.3 Å². The first-order chi connectivity index (χ1) is 9.76. The molecule has 7 heteroatoms. The van der Waals surface area contributed by atoms with E-state index >= 15 is 0 Å². The van der Waals surface area contributed by atoms with Crippen LogP contribution < -0.4 is 5.32 Å². The maximum Gasteiger partial charge on any atom is 0.226 e. The molecule has 0 bridgehead atoms. The molecular formula is C13H12ClN5O. The van der Waals surface area contributed by atoms with Crippen molar-refractivity contribution in [2.75, 3.05) is 5.32 Å². The average Bonchev–Trinajstić information content (AvgIpc) is 2.93. The third-order valence-electron chi connectivity index (χ3n) is 2.95. The van der Waals surface area contributed by atoms with Gasteiger partial charge in [0, 0.05) is 6.54 Å². The second kappa shape index (κ2) is 5.44. The first kappa shape index (κ1) is 12.8. The molecule has 0 atom stereocenters.